The van der Waals surface area contributed by atoms with Gasteiger partial charge in [0.05, 0.1) is 0 Å². The smallest absolute Gasteiger partial charge is 0.104 e. The Hall–Kier alpha value is -1.44. The Morgan fingerprint density at radius 2 is 1.55 bits per heavy atom. The summed E-state index contributed by atoms with van der Waals surface area (Å²) < 4.78 is 0. The van der Waals surface area contributed by atoms with Gasteiger partial charge in [-0.15, -0.1) is 0 Å². The standard InChI is InChI=1S/C18H28N2/c1-2-3-4-5-6-7-8-9-13-16-15-12-10-11-14-17(15)20-18(16)19/h10-12,14,20H,2-9,13,19H2,1H3. The molecule has 0 spiro atoms. The minimum Gasteiger partial charge on any atom is -0.385 e. The molecule has 0 aliphatic carbocycles. The first kappa shape index (κ1) is 15.0. The summed E-state index contributed by atoms with van der Waals surface area (Å²) in [6, 6.07) is 8.41. The summed E-state index contributed by atoms with van der Waals surface area (Å²) in [6.07, 6.45) is 12.0. The molecule has 1 aromatic heterocycles. The predicted octanol–water partition coefficient (Wildman–Crippen LogP) is 5.43. The van der Waals surface area contributed by atoms with Crippen molar-refractivity contribution in [3.8, 4) is 0 Å². The molecule has 20 heavy (non-hydrogen) atoms. The Kier molecular flexibility index (Phi) is 5.97. The molecule has 0 aliphatic heterocycles. The number of H-pyrrole nitrogens is 1. The van der Waals surface area contributed by atoms with Gasteiger partial charge in [-0.05, 0) is 18.9 Å². The van der Waals surface area contributed by atoms with E-state index in [1.54, 1.807) is 0 Å². The Labute approximate surface area is 122 Å². The maximum atomic E-state index is 6.09. The lowest BCUT2D eigenvalue weighted by atomic mass is 10.0. The summed E-state index contributed by atoms with van der Waals surface area (Å²) in [7, 11) is 0. The number of para-hydroxylation sites is 1. The first-order valence-corrected chi connectivity index (χ1v) is 8.18. The van der Waals surface area contributed by atoms with Gasteiger partial charge >= 0.3 is 0 Å². The van der Waals surface area contributed by atoms with Crippen LogP contribution in [0, 0.1) is 0 Å². The van der Waals surface area contributed by atoms with E-state index >= 15 is 0 Å². The van der Waals surface area contributed by atoms with Crippen molar-refractivity contribution >= 4 is 16.7 Å². The lowest BCUT2D eigenvalue weighted by Crippen LogP contribution is -1.92. The summed E-state index contributed by atoms with van der Waals surface area (Å²) in [4.78, 5) is 3.28. The van der Waals surface area contributed by atoms with Gasteiger partial charge in [0.1, 0.15) is 5.82 Å². The monoisotopic (exact) mass is 272 g/mol. The van der Waals surface area contributed by atoms with E-state index in [1.807, 2.05) is 0 Å². The molecule has 0 saturated carbocycles. The van der Waals surface area contributed by atoms with E-state index in [1.165, 1.54) is 67.8 Å². The minimum absolute atomic E-state index is 0.856. The van der Waals surface area contributed by atoms with Crippen LogP contribution in [0.2, 0.25) is 0 Å². The van der Waals surface area contributed by atoms with Crippen LogP contribution >= 0.6 is 0 Å². The fourth-order valence-corrected chi connectivity index (χ4v) is 2.93. The van der Waals surface area contributed by atoms with Gasteiger partial charge in [-0.1, -0.05) is 70.1 Å². The fraction of sp³-hybridized carbons (Fsp3) is 0.556. The number of hydrogen-bond acceptors (Lipinski definition) is 1. The van der Waals surface area contributed by atoms with E-state index in [2.05, 4.69) is 36.2 Å². The summed E-state index contributed by atoms with van der Waals surface area (Å²) in [6.45, 7) is 2.27. The number of unbranched alkanes of at least 4 members (excludes halogenated alkanes) is 7. The van der Waals surface area contributed by atoms with Crippen LogP contribution in [-0.4, -0.2) is 4.98 Å². The molecule has 3 N–H and O–H groups in total. The highest BCUT2D eigenvalue weighted by atomic mass is 14.8. The molecule has 2 heteroatoms. The third kappa shape index (κ3) is 4.03. The molecular weight excluding hydrogens is 244 g/mol. The quantitative estimate of drug-likeness (QED) is 0.587. The third-order valence-corrected chi connectivity index (χ3v) is 4.13. The van der Waals surface area contributed by atoms with E-state index in [0.29, 0.717) is 0 Å². The second-order valence-corrected chi connectivity index (χ2v) is 5.79. The number of benzene rings is 1. The predicted molar refractivity (Wildman–Crippen MR) is 89.0 cm³/mol. The van der Waals surface area contributed by atoms with Crippen LogP contribution < -0.4 is 5.73 Å². The lowest BCUT2D eigenvalue weighted by Gasteiger charge is -2.03. The SMILES string of the molecule is CCCCCCCCCCc1c(N)[nH]c2ccccc12. The molecular formula is C18H28N2. The molecule has 0 radical (unpaired) electrons. The number of rotatable bonds is 9. The van der Waals surface area contributed by atoms with Gasteiger partial charge in [0, 0.05) is 16.5 Å². The van der Waals surface area contributed by atoms with Gasteiger partial charge in [0.25, 0.3) is 0 Å². The van der Waals surface area contributed by atoms with Crippen molar-refractivity contribution in [1.82, 2.24) is 4.98 Å². The van der Waals surface area contributed by atoms with E-state index in [0.717, 1.165) is 12.2 Å². The van der Waals surface area contributed by atoms with Gasteiger partial charge in [-0.3, -0.25) is 0 Å². The number of anilines is 1. The molecule has 0 saturated heterocycles. The lowest BCUT2D eigenvalue weighted by molar-refractivity contribution is 0.576. The minimum atomic E-state index is 0.856. The normalized spacial score (nSPS) is 11.2. The van der Waals surface area contributed by atoms with Gasteiger partial charge in [0.15, 0.2) is 0 Å². The van der Waals surface area contributed by atoms with E-state index in [9.17, 15) is 0 Å². The topological polar surface area (TPSA) is 41.8 Å². The Morgan fingerprint density at radius 1 is 0.900 bits per heavy atom. The molecule has 110 valence electrons. The van der Waals surface area contributed by atoms with Crippen molar-refractivity contribution in [2.45, 2.75) is 64.7 Å². The first-order chi connectivity index (χ1) is 9.83. The van der Waals surface area contributed by atoms with Crippen molar-refractivity contribution in [3.63, 3.8) is 0 Å². The number of nitrogen functional groups attached to an aromatic ring is 1. The van der Waals surface area contributed by atoms with Crippen LogP contribution in [-0.2, 0) is 6.42 Å². The molecule has 2 aromatic rings. The molecule has 0 fully saturated rings. The van der Waals surface area contributed by atoms with Gasteiger partial charge in [0.2, 0.25) is 0 Å². The van der Waals surface area contributed by atoms with Crippen LogP contribution in [0.4, 0.5) is 5.82 Å². The Morgan fingerprint density at radius 3 is 2.30 bits per heavy atom. The van der Waals surface area contributed by atoms with E-state index in [-0.39, 0.29) is 0 Å². The highest BCUT2D eigenvalue weighted by molar-refractivity contribution is 5.88. The number of fused-ring (bicyclic) bond motifs is 1. The van der Waals surface area contributed by atoms with Gasteiger partial charge in [-0.25, -0.2) is 0 Å². The average molecular weight is 272 g/mol. The molecule has 2 rings (SSSR count). The van der Waals surface area contributed by atoms with Crippen LogP contribution in [0.25, 0.3) is 10.9 Å². The third-order valence-electron chi connectivity index (χ3n) is 4.13. The zero-order valence-electron chi connectivity index (χ0n) is 12.8. The molecule has 0 bridgehead atoms. The van der Waals surface area contributed by atoms with Crippen LogP contribution in [0.15, 0.2) is 24.3 Å². The van der Waals surface area contributed by atoms with E-state index in [4.69, 9.17) is 5.73 Å². The Balaban J connectivity index is 1.72. The van der Waals surface area contributed by atoms with Crippen LogP contribution in [0.3, 0.4) is 0 Å². The largest absolute Gasteiger partial charge is 0.385 e. The highest BCUT2D eigenvalue weighted by Crippen LogP contribution is 2.25. The van der Waals surface area contributed by atoms with Crippen molar-refractivity contribution in [2.24, 2.45) is 0 Å². The first-order valence-electron chi connectivity index (χ1n) is 8.18. The molecule has 0 atom stereocenters. The average Bonchev–Trinajstić information content (AvgIpc) is 2.78. The number of hydrogen-bond donors (Lipinski definition) is 2. The van der Waals surface area contributed by atoms with Gasteiger partial charge < -0.3 is 10.7 Å². The maximum Gasteiger partial charge on any atom is 0.104 e. The number of nitrogens with one attached hydrogen (secondary N) is 1. The van der Waals surface area contributed by atoms with Crippen LogP contribution in [0.5, 0.6) is 0 Å². The zero-order valence-corrected chi connectivity index (χ0v) is 12.8. The summed E-state index contributed by atoms with van der Waals surface area (Å²) in [5, 5.41) is 1.30. The summed E-state index contributed by atoms with van der Waals surface area (Å²) in [5.41, 5.74) is 8.57. The van der Waals surface area contributed by atoms with Crippen LogP contribution in [0.1, 0.15) is 63.9 Å². The molecule has 0 aliphatic rings. The number of aromatic nitrogens is 1. The molecule has 0 unspecified atom stereocenters. The highest BCUT2D eigenvalue weighted by Gasteiger charge is 2.07. The van der Waals surface area contributed by atoms with Crippen molar-refractivity contribution in [3.05, 3.63) is 29.8 Å². The molecule has 1 aromatic carbocycles. The van der Waals surface area contributed by atoms with Crippen molar-refractivity contribution < 1.29 is 0 Å². The number of aromatic amines is 1. The summed E-state index contributed by atoms with van der Waals surface area (Å²) in [5.74, 6) is 0.856. The van der Waals surface area contributed by atoms with Gasteiger partial charge in [-0.2, -0.15) is 0 Å². The van der Waals surface area contributed by atoms with E-state index < -0.39 is 0 Å². The van der Waals surface area contributed by atoms with Crippen molar-refractivity contribution in [1.29, 1.82) is 0 Å². The fourth-order valence-electron chi connectivity index (χ4n) is 2.93. The molecule has 0 amide bonds. The Bertz CT molecular complexity index is 513. The number of aryl methyl sites for hydroxylation is 1. The molecule has 1 heterocycles. The van der Waals surface area contributed by atoms with Crippen molar-refractivity contribution in [2.75, 3.05) is 5.73 Å². The molecule has 2 nitrogen and oxygen atoms in total. The summed E-state index contributed by atoms with van der Waals surface area (Å²) >= 11 is 0. The second-order valence-electron chi connectivity index (χ2n) is 5.79. The number of nitrogens with two attached hydrogens (primary N) is 1. The second kappa shape index (κ2) is 7.98. The maximum absolute atomic E-state index is 6.09. The zero-order chi connectivity index (χ0) is 14.2.